The first kappa shape index (κ1) is 16.3. The smallest absolute Gasteiger partial charge is 0.239 e. The van der Waals surface area contributed by atoms with Crippen LogP contribution in [-0.2, 0) is 9.59 Å². The fraction of sp³-hybridized carbons (Fsp3) is 0.875. The standard InChI is InChI=1S/C16H29N3O2/c1-2-9-17-14-7-6-12-19(16(14)21)13-8-15(20)18-10-4-3-5-11-18/h14,17H,2-13H2,1H3. The lowest BCUT2D eigenvalue weighted by Gasteiger charge is -2.33. The monoisotopic (exact) mass is 295 g/mol. The molecule has 1 N–H and O–H groups in total. The molecular formula is C16H29N3O2. The minimum Gasteiger partial charge on any atom is -0.343 e. The first-order valence-corrected chi connectivity index (χ1v) is 8.52. The van der Waals surface area contributed by atoms with Crippen LogP contribution >= 0.6 is 0 Å². The van der Waals surface area contributed by atoms with E-state index in [1.54, 1.807) is 0 Å². The predicted octanol–water partition coefficient (Wildman–Crippen LogP) is 1.38. The molecule has 0 bridgehead atoms. The molecule has 0 spiro atoms. The van der Waals surface area contributed by atoms with Crippen molar-refractivity contribution in [2.45, 2.75) is 57.9 Å². The molecule has 0 aliphatic carbocycles. The minimum absolute atomic E-state index is 0.0382. The zero-order valence-corrected chi connectivity index (χ0v) is 13.3. The number of amides is 2. The molecule has 2 aliphatic rings. The highest BCUT2D eigenvalue weighted by Crippen LogP contribution is 2.14. The molecule has 120 valence electrons. The van der Waals surface area contributed by atoms with Gasteiger partial charge in [0.15, 0.2) is 0 Å². The second kappa shape index (κ2) is 8.37. The Balaban J connectivity index is 1.76. The summed E-state index contributed by atoms with van der Waals surface area (Å²) in [5.41, 5.74) is 0. The predicted molar refractivity (Wildman–Crippen MR) is 82.9 cm³/mol. The van der Waals surface area contributed by atoms with Crippen molar-refractivity contribution in [1.29, 1.82) is 0 Å². The van der Waals surface area contributed by atoms with E-state index in [-0.39, 0.29) is 17.9 Å². The van der Waals surface area contributed by atoms with Crippen molar-refractivity contribution in [2.75, 3.05) is 32.7 Å². The molecule has 2 rings (SSSR count). The molecule has 0 aromatic carbocycles. The Kier molecular flexibility index (Phi) is 6.49. The average Bonchev–Trinajstić information content (AvgIpc) is 2.53. The number of nitrogens with zero attached hydrogens (tertiary/aromatic N) is 2. The summed E-state index contributed by atoms with van der Waals surface area (Å²) >= 11 is 0. The molecule has 0 radical (unpaired) electrons. The highest BCUT2D eigenvalue weighted by molar-refractivity contribution is 5.83. The molecule has 0 aromatic heterocycles. The quantitative estimate of drug-likeness (QED) is 0.805. The summed E-state index contributed by atoms with van der Waals surface area (Å²) in [7, 11) is 0. The van der Waals surface area contributed by atoms with Gasteiger partial charge in [-0.05, 0) is 45.1 Å². The Hall–Kier alpha value is -1.10. The van der Waals surface area contributed by atoms with Crippen LogP contribution in [0.2, 0.25) is 0 Å². The van der Waals surface area contributed by atoms with Gasteiger partial charge in [0, 0.05) is 32.6 Å². The van der Waals surface area contributed by atoms with Gasteiger partial charge in [-0.3, -0.25) is 9.59 Å². The number of hydrogen-bond acceptors (Lipinski definition) is 3. The van der Waals surface area contributed by atoms with Gasteiger partial charge in [-0.2, -0.15) is 0 Å². The Labute approximate surface area is 128 Å². The molecule has 0 aromatic rings. The van der Waals surface area contributed by atoms with E-state index in [1.165, 1.54) is 6.42 Å². The molecular weight excluding hydrogens is 266 g/mol. The van der Waals surface area contributed by atoms with Gasteiger partial charge in [-0.15, -0.1) is 0 Å². The molecule has 2 aliphatic heterocycles. The number of carbonyl (C=O) groups is 2. The van der Waals surface area contributed by atoms with Crippen LogP contribution < -0.4 is 5.32 Å². The van der Waals surface area contributed by atoms with Crippen molar-refractivity contribution in [2.24, 2.45) is 0 Å². The summed E-state index contributed by atoms with van der Waals surface area (Å²) in [6, 6.07) is -0.0382. The van der Waals surface area contributed by atoms with E-state index < -0.39 is 0 Å². The highest BCUT2D eigenvalue weighted by Gasteiger charge is 2.28. The molecule has 0 saturated carbocycles. The summed E-state index contributed by atoms with van der Waals surface area (Å²) in [6.45, 7) is 6.17. The maximum absolute atomic E-state index is 12.4. The van der Waals surface area contributed by atoms with Gasteiger partial charge in [-0.25, -0.2) is 0 Å². The molecule has 2 fully saturated rings. The van der Waals surface area contributed by atoms with Crippen LogP contribution in [0.1, 0.15) is 51.9 Å². The number of likely N-dealkylation sites (tertiary alicyclic amines) is 2. The lowest BCUT2D eigenvalue weighted by Crippen LogP contribution is -2.51. The van der Waals surface area contributed by atoms with Gasteiger partial charge in [0.25, 0.3) is 0 Å². The Bertz CT molecular complexity index is 353. The molecule has 5 heteroatoms. The van der Waals surface area contributed by atoms with Crippen molar-refractivity contribution < 1.29 is 9.59 Å². The fourth-order valence-electron chi connectivity index (χ4n) is 3.20. The summed E-state index contributed by atoms with van der Waals surface area (Å²) in [6.07, 6.45) is 6.96. The number of nitrogens with one attached hydrogen (secondary N) is 1. The van der Waals surface area contributed by atoms with Crippen LogP contribution in [0.15, 0.2) is 0 Å². The Morgan fingerprint density at radius 3 is 2.67 bits per heavy atom. The second-order valence-corrected chi connectivity index (χ2v) is 6.17. The van der Waals surface area contributed by atoms with Gasteiger partial charge in [-0.1, -0.05) is 6.92 Å². The van der Waals surface area contributed by atoms with Crippen LogP contribution in [0.4, 0.5) is 0 Å². The molecule has 2 heterocycles. The third-order valence-corrected chi connectivity index (χ3v) is 4.48. The molecule has 2 saturated heterocycles. The first-order valence-electron chi connectivity index (χ1n) is 8.52. The Morgan fingerprint density at radius 1 is 1.19 bits per heavy atom. The van der Waals surface area contributed by atoms with E-state index in [2.05, 4.69) is 12.2 Å². The van der Waals surface area contributed by atoms with Gasteiger partial charge < -0.3 is 15.1 Å². The molecule has 21 heavy (non-hydrogen) atoms. The third kappa shape index (κ3) is 4.70. The SMILES string of the molecule is CCCNC1CCCN(CCC(=O)N2CCCCC2)C1=O. The van der Waals surface area contributed by atoms with E-state index in [0.717, 1.165) is 58.3 Å². The summed E-state index contributed by atoms with van der Waals surface area (Å²) < 4.78 is 0. The van der Waals surface area contributed by atoms with Crippen molar-refractivity contribution in [3.63, 3.8) is 0 Å². The van der Waals surface area contributed by atoms with Crippen molar-refractivity contribution in [3.05, 3.63) is 0 Å². The van der Waals surface area contributed by atoms with E-state index in [9.17, 15) is 9.59 Å². The number of hydrogen-bond donors (Lipinski definition) is 1. The first-order chi connectivity index (χ1) is 10.2. The number of carbonyl (C=O) groups excluding carboxylic acids is 2. The van der Waals surface area contributed by atoms with Crippen molar-refractivity contribution in [1.82, 2.24) is 15.1 Å². The number of rotatable bonds is 6. The molecule has 1 unspecified atom stereocenters. The zero-order chi connectivity index (χ0) is 15.1. The highest BCUT2D eigenvalue weighted by atomic mass is 16.2. The second-order valence-electron chi connectivity index (χ2n) is 6.17. The van der Waals surface area contributed by atoms with Crippen LogP contribution in [0.3, 0.4) is 0 Å². The molecule has 1 atom stereocenters. The average molecular weight is 295 g/mol. The number of piperidine rings is 2. The van der Waals surface area contributed by atoms with Crippen molar-refractivity contribution in [3.8, 4) is 0 Å². The largest absolute Gasteiger partial charge is 0.343 e. The Morgan fingerprint density at radius 2 is 1.95 bits per heavy atom. The fourth-order valence-corrected chi connectivity index (χ4v) is 3.20. The van der Waals surface area contributed by atoms with Gasteiger partial charge >= 0.3 is 0 Å². The molecule has 2 amide bonds. The van der Waals surface area contributed by atoms with E-state index >= 15 is 0 Å². The molecule has 5 nitrogen and oxygen atoms in total. The van der Waals surface area contributed by atoms with Gasteiger partial charge in [0.05, 0.1) is 6.04 Å². The maximum atomic E-state index is 12.4. The summed E-state index contributed by atoms with van der Waals surface area (Å²) in [5.74, 6) is 0.396. The third-order valence-electron chi connectivity index (χ3n) is 4.48. The van der Waals surface area contributed by atoms with Crippen LogP contribution in [0.5, 0.6) is 0 Å². The van der Waals surface area contributed by atoms with Crippen LogP contribution in [-0.4, -0.2) is 60.4 Å². The van der Waals surface area contributed by atoms with Gasteiger partial charge in [0.1, 0.15) is 0 Å². The van der Waals surface area contributed by atoms with E-state index in [1.807, 2.05) is 9.80 Å². The zero-order valence-electron chi connectivity index (χ0n) is 13.3. The maximum Gasteiger partial charge on any atom is 0.239 e. The van der Waals surface area contributed by atoms with E-state index in [0.29, 0.717) is 13.0 Å². The lowest BCUT2D eigenvalue weighted by molar-refractivity contribution is -0.138. The summed E-state index contributed by atoms with van der Waals surface area (Å²) in [4.78, 5) is 28.4. The normalized spacial score (nSPS) is 23.5. The minimum atomic E-state index is -0.0382. The van der Waals surface area contributed by atoms with Gasteiger partial charge in [0.2, 0.25) is 11.8 Å². The lowest BCUT2D eigenvalue weighted by atomic mass is 10.0. The van der Waals surface area contributed by atoms with Crippen molar-refractivity contribution >= 4 is 11.8 Å². The summed E-state index contributed by atoms with van der Waals surface area (Å²) in [5, 5.41) is 3.32. The van der Waals surface area contributed by atoms with Crippen LogP contribution in [0.25, 0.3) is 0 Å². The van der Waals surface area contributed by atoms with E-state index in [4.69, 9.17) is 0 Å². The topological polar surface area (TPSA) is 52.7 Å². The van der Waals surface area contributed by atoms with Crippen LogP contribution in [0, 0.1) is 0 Å².